The van der Waals surface area contributed by atoms with Crippen molar-refractivity contribution >= 4 is 0 Å². The summed E-state index contributed by atoms with van der Waals surface area (Å²) in [6.45, 7) is 2.29. The highest BCUT2D eigenvalue weighted by Gasteiger charge is 2.28. The van der Waals surface area contributed by atoms with E-state index in [9.17, 15) is 4.39 Å². The molecule has 182 valence electrons. The summed E-state index contributed by atoms with van der Waals surface area (Å²) >= 11 is 0. The maximum Gasteiger partial charge on any atom is 0.141 e. The Morgan fingerprint density at radius 3 is 2.24 bits per heavy atom. The van der Waals surface area contributed by atoms with Crippen LogP contribution < -0.4 is 0 Å². The summed E-state index contributed by atoms with van der Waals surface area (Å²) in [6.07, 6.45) is 27.1. The Bertz CT molecular complexity index is 766. The van der Waals surface area contributed by atoms with Gasteiger partial charge in [-0.15, -0.1) is 0 Å². The molecule has 0 aliphatic heterocycles. The fourth-order valence-corrected chi connectivity index (χ4v) is 6.19. The molecule has 33 heavy (non-hydrogen) atoms. The van der Waals surface area contributed by atoms with Gasteiger partial charge >= 0.3 is 0 Å². The SMILES string of the molecule is CCCCCCCCCC[C@H]1CC[C@H](C2CC=C(CCc3ccc(C#N)c(F)c3)CC2)CC1. The number of aryl methyl sites for hydroxylation is 1. The van der Waals surface area contributed by atoms with Gasteiger partial charge in [-0.25, -0.2) is 4.39 Å². The van der Waals surface area contributed by atoms with Crippen molar-refractivity contribution in [3.63, 3.8) is 0 Å². The van der Waals surface area contributed by atoms with Gasteiger partial charge in [0, 0.05) is 0 Å². The Kier molecular flexibility index (Phi) is 11.5. The Labute approximate surface area is 202 Å². The first-order valence-electron chi connectivity index (χ1n) is 14.1. The van der Waals surface area contributed by atoms with Crippen molar-refractivity contribution in [3.8, 4) is 6.07 Å². The predicted octanol–water partition coefficient (Wildman–Crippen LogP) is 9.69. The number of nitrogens with zero attached hydrogens (tertiary/aromatic N) is 1. The van der Waals surface area contributed by atoms with Gasteiger partial charge in [0.15, 0.2) is 0 Å². The second-order valence-electron chi connectivity index (χ2n) is 10.9. The van der Waals surface area contributed by atoms with E-state index in [-0.39, 0.29) is 11.4 Å². The molecule has 1 aromatic carbocycles. The van der Waals surface area contributed by atoms with Crippen molar-refractivity contribution < 1.29 is 4.39 Å². The molecule has 0 N–H and O–H groups in total. The van der Waals surface area contributed by atoms with Crippen molar-refractivity contribution in [2.45, 2.75) is 122 Å². The zero-order chi connectivity index (χ0) is 23.3. The third-order valence-corrected chi connectivity index (χ3v) is 8.46. The van der Waals surface area contributed by atoms with Gasteiger partial charge in [-0.2, -0.15) is 5.26 Å². The molecule has 1 fully saturated rings. The Hall–Kier alpha value is -1.62. The quantitative estimate of drug-likeness (QED) is 0.216. The summed E-state index contributed by atoms with van der Waals surface area (Å²) < 4.78 is 13.8. The van der Waals surface area contributed by atoms with Gasteiger partial charge in [0.1, 0.15) is 11.9 Å². The van der Waals surface area contributed by atoms with Crippen molar-refractivity contribution in [1.82, 2.24) is 0 Å². The first-order valence-corrected chi connectivity index (χ1v) is 14.1. The van der Waals surface area contributed by atoms with E-state index in [0.29, 0.717) is 0 Å². The second-order valence-corrected chi connectivity index (χ2v) is 10.9. The lowest BCUT2D eigenvalue weighted by atomic mass is 9.70. The van der Waals surface area contributed by atoms with Gasteiger partial charge in [-0.05, 0) is 80.4 Å². The maximum atomic E-state index is 13.8. The Morgan fingerprint density at radius 1 is 0.879 bits per heavy atom. The third-order valence-electron chi connectivity index (χ3n) is 8.46. The molecule has 1 saturated carbocycles. The summed E-state index contributed by atoms with van der Waals surface area (Å²) in [5.74, 6) is 2.46. The molecule has 2 aliphatic carbocycles. The molecule has 0 saturated heterocycles. The zero-order valence-electron chi connectivity index (χ0n) is 21.1. The lowest BCUT2D eigenvalue weighted by Gasteiger charge is -2.35. The first-order chi connectivity index (χ1) is 16.2. The van der Waals surface area contributed by atoms with Crippen molar-refractivity contribution in [3.05, 3.63) is 46.8 Å². The summed E-state index contributed by atoms with van der Waals surface area (Å²) in [4.78, 5) is 0. The van der Waals surface area contributed by atoms with Crippen LogP contribution in [0.15, 0.2) is 29.8 Å². The lowest BCUT2D eigenvalue weighted by molar-refractivity contribution is 0.185. The molecule has 0 bridgehead atoms. The normalized spacial score (nSPS) is 23.2. The number of hydrogen-bond donors (Lipinski definition) is 0. The van der Waals surface area contributed by atoms with Crippen LogP contribution in [0.25, 0.3) is 0 Å². The van der Waals surface area contributed by atoms with Crippen LogP contribution in [0.4, 0.5) is 4.39 Å². The largest absolute Gasteiger partial charge is 0.206 e. The molecule has 1 aromatic rings. The minimum absolute atomic E-state index is 0.144. The molecule has 2 heteroatoms. The second kappa shape index (κ2) is 14.6. The standard InChI is InChI=1S/C31H46FN/c1-2-3-4-5-6-7-8-9-10-25-13-18-28(19-14-25)29-20-15-26(16-21-29)11-12-27-17-22-30(24-33)31(32)23-27/h15,17,22-23,25,28-29H,2-14,16,18-21H2,1H3/t25-,28-,29?. The fraction of sp³-hybridized carbons (Fsp3) is 0.710. The number of halogens is 1. The smallest absolute Gasteiger partial charge is 0.141 e. The molecule has 1 nitrogen and oxygen atoms in total. The van der Waals surface area contributed by atoms with Gasteiger partial charge in [0.05, 0.1) is 5.56 Å². The average molecular weight is 452 g/mol. The van der Waals surface area contributed by atoms with E-state index in [1.807, 2.05) is 12.1 Å². The number of benzene rings is 1. The highest BCUT2D eigenvalue weighted by Crippen LogP contribution is 2.41. The van der Waals surface area contributed by atoms with E-state index in [2.05, 4.69) is 13.0 Å². The predicted molar refractivity (Wildman–Crippen MR) is 138 cm³/mol. The first kappa shape index (κ1) is 26.0. The molecular weight excluding hydrogens is 405 g/mol. The molecule has 1 unspecified atom stereocenters. The van der Waals surface area contributed by atoms with Crippen LogP contribution >= 0.6 is 0 Å². The summed E-state index contributed by atoms with van der Waals surface area (Å²) in [7, 11) is 0. The fourth-order valence-electron chi connectivity index (χ4n) is 6.19. The lowest BCUT2D eigenvalue weighted by Crippen LogP contribution is -2.23. The third kappa shape index (κ3) is 8.92. The van der Waals surface area contributed by atoms with Gasteiger partial charge < -0.3 is 0 Å². The van der Waals surface area contributed by atoms with Crippen LogP contribution in [0.3, 0.4) is 0 Å². The number of rotatable bonds is 13. The molecule has 1 atom stereocenters. The molecule has 2 aliphatic rings. The summed E-state index contributed by atoms with van der Waals surface area (Å²) in [5, 5.41) is 8.88. The summed E-state index contributed by atoms with van der Waals surface area (Å²) in [6, 6.07) is 6.96. The van der Waals surface area contributed by atoms with Gasteiger partial charge in [-0.1, -0.05) is 95.3 Å². The van der Waals surface area contributed by atoms with E-state index in [1.54, 1.807) is 11.6 Å². The number of allylic oxidation sites excluding steroid dienone is 2. The number of unbranched alkanes of at least 4 members (excludes halogenated alkanes) is 7. The Morgan fingerprint density at radius 2 is 1.61 bits per heavy atom. The molecule has 0 spiro atoms. The zero-order valence-corrected chi connectivity index (χ0v) is 21.1. The number of nitriles is 1. The van der Waals surface area contributed by atoms with Crippen molar-refractivity contribution in [2.24, 2.45) is 17.8 Å². The van der Waals surface area contributed by atoms with E-state index in [1.165, 1.54) is 109 Å². The minimum atomic E-state index is -0.384. The maximum absolute atomic E-state index is 13.8. The van der Waals surface area contributed by atoms with Crippen LogP contribution in [0.2, 0.25) is 0 Å². The van der Waals surface area contributed by atoms with Gasteiger partial charge in [0.2, 0.25) is 0 Å². The Balaban J connectivity index is 1.28. The molecule has 0 amide bonds. The number of hydrogen-bond acceptors (Lipinski definition) is 1. The highest BCUT2D eigenvalue weighted by molar-refractivity contribution is 5.33. The minimum Gasteiger partial charge on any atom is -0.206 e. The van der Waals surface area contributed by atoms with Crippen molar-refractivity contribution in [1.29, 1.82) is 5.26 Å². The molecule has 0 aromatic heterocycles. The van der Waals surface area contributed by atoms with E-state index >= 15 is 0 Å². The van der Waals surface area contributed by atoms with E-state index in [0.717, 1.165) is 36.2 Å². The molecule has 0 radical (unpaired) electrons. The topological polar surface area (TPSA) is 23.8 Å². The van der Waals surface area contributed by atoms with Crippen LogP contribution in [-0.2, 0) is 6.42 Å². The van der Waals surface area contributed by atoms with Gasteiger partial charge in [-0.3, -0.25) is 0 Å². The monoisotopic (exact) mass is 451 g/mol. The van der Waals surface area contributed by atoms with E-state index < -0.39 is 0 Å². The molecular formula is C31H46FN. The average Bonchev–Trinajstić information content (AvgIpc) is 2.85. The highest BCUT2D eigenvalue weighted by atomic mass is 19.1. The van der Waals surface area contributed by atoms with Crippen LogP contribution in [0.5, 0.6) is 0 Å². The van der Waals surface area contributed by atoms with Crippen molar-refractivity contribution in [2.75, 3.05) is 0 Å². The molecule has 3 rings (SSSR count). The van der Waals surface area contributed by atoms with E-state index in [4.69, 9.17) is 5.26 Å². The summed E-state index contributed by atoms with van der Waals surface area (Å²) in [5.41, 5.74) is 2.70. The van der Waals surface area contributed by atoms with Crippen LogP contribution in [0, 0.1) is 34.9 Å². The van der Waals surface area contributed by atoms with Gasteiger partial charge in [0.25, 0.3) is 0 Å². The molecule has 0 heterocycles. The van der Waals surface area contributed by atoms with Crippen LogP contribution in [0.1, 0.15) is 127 Å². The van der Waals surface area contributed by atoms with Crippen LogP contribution in [-0.4, -0.2) is 0 Å².